The van der Waals surface area contributed by atoms with E-state index in [0.717, 1.165) is 23.1 Å². The summed E-state index contributed by atoms with van der Waals surface area (Å²) in [5.74, 6) is 0. The van der Waals surface area contributed by atoms with E-state index in [2.05, 4.69) is 69.1 Å². The molecule has 0 aliphatic heterocycles. The highest BCUT2D eigenvalue weighted by Crippen LogP contribution is 2.17. The summed E-state index contributed by atoms with van der Waals surface area (Å²) in [6.45, 7) is 13.3. The molecule has 1 heteroatoms. The summed E-state index contributed by atoms with van der Waals surface area (Å²) in [5, 5.41) is 2.67. The van der Waals surface area contributed by atoms with Crippen LogP contribution in [-0.2, 0) is 6.42 Å². The number of hydrogen-bond acceptors (Lipinski definition) is 1. The summed E-state index contributed by atoms with van der Waals surface area (Å²) in [6, 6.07) is 20.9. The molecule has 0 fully saturated rings. The van der Waals surface area contributed by atoms with Gasteiger partial charge in [0.05, 0.1) is 0 Å². The highest BCUT2D eigenvalue weighted by atomic mass is 14.6. The van der Waals surface area contributed by atoms with Crippen molar-refractivity contribution in [2.75, 3.05) is 0 Å². The number of hydrogen-bond donors (Lipinski definition) is 1. The lowest BCUT2D eigenvalue weighted by molar-refractivity contribution is 1.15. The first-order chi connectivity index (χ1) is 12.1. The van der Waals surface area contributed by atoms with Crippen molar-refractivity contribution in [3.05, 3.63) is 103 Å². The van der Waals surface area contributed by atoms with Crippen LogP contribution in [0.3, 0.4) is 0 Å². The Kier molecular flexibility index (Phi) is 6.36. The van der Waals surface area contributed by atoms with Crippen LogP contribution < -0.4 is 5.73 Å². The fourth-order valence-corrected chi connectivity index (χ4v) is 2.60. The van der Waals surface area contributed by atoms with E-state index in [9.17, 15) is 0 Å². The van der Waals surface area contributed by atoms with Gasteiger partial charge in [0.1, 0.15) is 0 Å². The van der Waals surface area contributed by atoms with E-state index in [1.165, 1.54) is 16.3 Å². The number of nitrogens with two attached hydrogens (primary N) is 1. The molecule has 0 radical (unpaired) electrons. The Morgan fingerprint density at radius 3 is 2.16 bits per heavy atom. The number of fused-ring (bicyclic) bond motifs is 1. The first kappa shape index (κ1) is 18.3. The van der Waals surface area contributed by atoms with Crippen LogP contribution in [0.5, 0.6) is 0 Å². The van der Waals surface area contributed by atoms with Gasteiger partial charge in [-0.2, -0.15) is 0 Å². The highest BCUT2D eigenvalue weighted by Gasteiger charge is 1.98. The lowest BCUT2D eigenvalue weighted by Crippen LogP contribution is -1.94. The Morgan fingerprint density at radius 1 is 0.880 bits per heavy atom. The van der Waals surface area contributed by atoms with Crippen molar-refractivity contribution in [2.24, 2.45) is 5.73 Å². The molecule has 1 nitrogen and oxygen atoms in total. The fraction of sp³-hybridized carbons (Fsp3) is 0.0833. The maximum atomic E-state index is 5.57. The lowest BCUT2D eigenvalue weighted by Gasteiger charge is -2.04. The van der Waals surface area contributed by atoms with Crippen LogP contribution in [0, 0.1) is 0 Å². The van der Waals surface area contributed by atoms with Gasteiger partial charge in [-0.05, 0) is 45.5 Å². The van der Waals surface area contributed by atoms with E-state index in [1.54, 1.807) is 12.2 Å². The van der Waals surface area contributed by atoms with Crippen LogP contribution in [0.1, 0.15) is 29.2 Å². The Labute approximate surface area is 150 Å². The number of aryl methyl sites for hydroxylation is 1. The quantitative estimate of drug-likeness (QED) is 0.597. The zero-order valence-electron chi connectivity index (χ0n) is 14.8. The molecule has 126 valence electrons. The zero-order chi connectivity index (χ0) is 18.2. The molecule has 3 aromatic carbocycles. The predicted octanol–water partition coefficient (Wildman–Crippen LogP) is 6.30. The Hall–Kier alpha value is -3.06. The molecule has 0 bridgehead atoms. The molecule has 2 N–H and O–H groups in total. The third kappa shape index (κ3) is 4.71. The second kappa shape index (κ2) is 8.70. The number of rotatable bonds is 4. The average Bonchev–Trinajstić information content (AvgIpc) is 2.67. The van der Waals surface area contributed by atoms with Crippen molar-refractivity contribution >= 4 is 28.6 Å². The molecule has 0 aliphatic carbocycles. The smallest absolute Gasteiger partial charge is 0.0314 e. The van der Waals surface area contributed by atoms with Gasteiger partial charge in [-0.25, -0.2) is 0 Å². The Balaban J connectivity index is 0.000000181. The molecular weight excluding hydrogens is 302 g/mol. The molecule has 0 aliphatic rings. The minimum atomic E-state index is 0.568. The molecule has 0 aromatic heterocycles. The van der Waals surface area contributed by atoms with E-state index < -0.39 is 0 Å². The van der Waals surface area contributed by atoms with Gasteiger partial charge in [0.25, 0.3) is 0 Å². The molecule has 3 aromatic rings. The minimum absolute atomic E-state index is 0.568. The van der Waals surface area contributed by atoms with Gasteiger partial charge >= 0.3 is 0 Å². The number of benzene rings is 3. The molecule has 25 heavy (non-hydrogen) atoms. The summed E-state index contributed by atoms with van der Waals surface area (Å²) in [5.41, 5.74) is 10.6. The van der Waals surface area contributed by atoms with E-state index in [0.29, 0.717) is 5.70 Å². The van der Waals surface area contributed by atoms with Gasteiger partial charge in [0.2, 0.25) is 0 Å². The summed E-state index contributed by atoms with van der Waals surface area (Å²) < 4.78 is 0. The molecule has 0 heterocycles. The van der Waals surface area contributed by atoms with E-state index >= 15 is 0 Å². The molecule has 3 rings (SSSR count). The Morgan fingerprint density at radius 2 is 1.56 bits per heavy atom. The molecular formula is C24H25N. The summed E-state index contributed by atoms with van der Waals surface area (Å²) in [6.07, 6.45) is 4.69. The first-order valence-electron chi connectivity index (χ1n) is 8.40. The van der Waals surface area contributed by atoms with E-state index in [1.807, 2.05) is 18.2 Å². The largest absolute Gasteiger partial charge is 0.399 e. The third-order valence-corrected chi connectivity index (χ3v) is 4.12. The van der Waals surface area contributed by atoms with Crippen molar-refractivity contribution in [3.8, 4) is 0 Å². The van der Waals surface area contributed by atoms with Gasteiger partial charge < -0.3 is 5.73 Å². The monoisotopic (exact) mass is 327 g/mol. The summed E-state index contributed by atoms with van der Waals surface area (Å²) >= 11 is 0. The third-order valence-electron chi connectivity index (χ3n) is 4.12. The molecule has 0 amide bonds. The molecule has 0 spiro atoms. The van der Waals surface area contributed by atoms with Gasteiger partial charge in [-0.1, -0.05) is 93.4 Å². The van der Waals surface area contributed by atoms with Crippen molar-refractivity contribution in [1.29, 1.82) is 0 Å². The van der Waals surface area contributed by atoms with Gasteiger partial charge in [0.15, 0.2) is 0 Å². The van der Waals surface area contributed by atoms with E-state index in [-0.39, 0.29) is 0 Å². The molecule has 0 unspecified atom stereocenters. The van der Waals surface area contributed by atoms with Gasteiger partial charge in [-0.15, -0.1) is 0 Å². The van der Waals surface area contributed by atoms with Gasteiger partial charge in [0, 0.05) is 5.70 Å². The van der Waals surface area contributed by atoms with Gasteiger partial charge in [-0.3, -0.25) is 0 Å². The maximum Gasteiger partial charge on any atom is 0.0314 e. The second-order valence-electron chi connectivity index (χ2n) is 5.81. The molecule has 0 saturated heterocycles. The van der Waals surface area contributed by atoms with Crippen molar-refractivity contribution < 1.29 is 0 Å². The zero-order valence-corrected chi connectivity index (χ0v) is 14.8. The topological polar surface area (TPSA) is 26.0 Å². The minimum Gasteiger partial charge on any atom is -0.399 e. The van der Waals surface area contributed by atoms with Crippen molar-refractivity contribution in [1.82, 2.24) is 0 Å². The highest BCUT2D eigenvalue weighted by molar-refractivity contribution is 5.83. The molecule has 0 saturated carbocycles. The van der Waals surface area contributed by atoms with Crippen LogP contribution in [-0.4, -0.2) is 0 Å². The van der Waals surface area contributed by atoms with Crippen LogP contribution in [0.2, 0.25) is 0 Å². The maximum absolute atomic E-state index is 5.57. The van der Waals surface area contributed by atoms with E-state index in [4.69, 9.17) is 5.73 Å². The van der Waals surface area contributed by atoms with Crippen LogP contribution >= 0.6 is 0 Å². The Bertz CT molecular complexity index is 903. The summed E-state index contributed by atoms with van der Waals surface area (Å²) in [4.78, 5) is 0. The SMILES string of the molecule is C=Cc1ccc(C(=C)N)cc1C=C.CCc1ccc2ccccc2c1. The molecule has 0 atom stereocenters. The lowest BCUT2D eigenvalue weighted by atomic mass is 10.0. The standard InChI is InChI=1S/C12H13N.C12H12/c1-4-10-6-7-12(9(3)13)8-11(10)5-2;1-2-10-7-8-11-5-3-4-6-12(11)9-10/h4-8H,1-3,13H2;3-9H,2H2,1H3. The van der Waals surface area contributed by atoms with Crippen LogP contribution in [0.4, 0.5) is 0 Å². The normalized spacial score (nSPS) is 9.80. The van der Waals surface area contributed by atoms with Crippen LogP contribution in [0.15, 0.2) is 80.4 Å². The second-order valence-corrected chi connectivity index (χ2v) is 5.81. The summed E-state index contributed by atoms with van der Waals surface area (Å²) in [7, 11) is 0. The first-order valence-corrected chi connectivity index (χ1v) is 8.40. The van der Waals surface area contributed by atoms with Crippen molar-refractivity contribution in [2.45, 2.75) is 13.3 Å². The van der Waals surface area contributed by atoms with Crippen molar-refractivity contribution in [3.63, 3.8) is 0 Å². The van der Waals surface area contributed by atoms with Crippen LogP contribution in [0.25, 0.3) is 28.6 Å². The predicted molar refractivity (Wildman–Crippen MR) is 113 cm³/mol. The fourth-order valence-electron chi connectivity index (χ4n) is 2.60. The average molecular weight is 327 g/mol.